The number of ether oxygens (including phenoxy) is 1. The third kappa shape index (κ3) is 8.42. The molecule has 0 spiro atoms. The van der Waals surface area contributed by atoms with E-state index in [1.54, 1.807) is 0 Å². The Morgan fingerprint density at radius 2 is 1.69 bits per heavy atom. The van der Waals surface area contributed by atoms with Gasteiger partial charge in [0.15, 0.2) is 0 Å². The summed E-state index contributed by atoms with van der Waals surface area (Å²) in [4.78, 5) is 12.9. The summed E-state index contributed by atoms with van der Waals surface area (Å²) >= 11 is 0. The van der Waals surface area contributed by atoms with Crippen LogP contribution in [0.25, 0.3) is 5.57 Å². The van der Waals surface area contributed by atoms with E-state index < -0.39 is 29.4 Å². The van der Waals surface area contributed by atoms with Gasteiger partial charge in [0.1, 0.15) is 0 Å². The fourth-order valence-electron chi connectivity index (χ4n) is 4.18. The summed E-state index contributed by atoms with van der Waals surface area (Å²) in [7, 11) is 0. The summed E-state index contributed by atoms with van der Waals surface area (Å²) in [5, 5.41) is 9.04. The Morgan fingerprint density at radius 1 is 1.06 bits per heavy atom. The molecule has 0 radical (unpaired) electrons. The minimum Gasteiger partial charge on any atom is -0.462 e. The molecule has 3 nitrogen and oxygen atoms in total. The highest BCUT2D eigenvalue weighted by molar-refractivity contribution is 5.91. The number of esters is 1. The number of allylic oxidation sites excluding steroid dienone is 3. The monoisotopic (exact) mass is 515 g/mol. The van der Waals surface area contributed by atoms with Crippen molar-refractivity contribution in [1.82, 2.24) is 0 Å². The zero-order chi connectivity index (χ0) is 26.9. The molecule has 198 valence electrons. The van der Waals surface area contributed by atoms with Crippen LogP contribution >= 0.6 is 0 Å². The molecule has 0 saturated heterocycles. The van der Waals surface area contributed by atoms with Crippen LogP contribution in [0.15, 0.2) is 35.4 Å². The molecular weight excluding hydrogens is 484 g/mol. The standard InChI is InChI=1S/C27H31F6NO2/c1-3-5-8-18(4-2)17-36-25(35)24(11-7-12-34)20-10-6-9-19(13-20)21-14-22(26(28,29)30)16-23(15-21)27(31,32)33/h13-16,18H,3-11,17H2,1-2H3. The first-order chi connectivity index (χ1) is 16.9. The highest BCUT2D eigenvalue weighted by atomic mass is 19.4. The zero-order valence-corrected chi connectivity index (χ0v) is 20.5. The molecule has 2 rings (SSSR count). The zero-order valence-electron chi connectivity index (χ0n) is 20.5. The van der Waals surface area contributed by atoms with Gasteiger partial charge in [0, 0.05) is 12.0 Å². The maximum atomic E-state index is 13.3. The minimum atomic E-state index is -4.95. The van der Waals surface area contributed by atoms with Crippen LogP contribution in [0.1, 0.15) is 88.3 Å². The van der Waals surface area contributed by atoms with Gasteiger partial charge in [0.2, 0.25) is 0 Å². The molecule has 9 heteroatoms. The van der Waals surface area contributed by atoms with E-state index in [2.05, 4.69) is 6.92 Å². The number of benzene rings is 1. The average molecular weight is 516 g/mol. The molecule has 0 aliphatic heterocycles. The molecule has 0 heterocycles. The van der Waals surface area contributed by atoms with Gasteiger partial charge in [-0.15, -0.1) is 0 Å². The molecule has 0 N–H and O–H groups in total. The van der Waals surface area contributed by atoms with Crippen LogP contribution < -0.4 is 0 Å². The van der Waals surface area contributed by atoms with Gasteiger partial charge >= 0.3 is 18.3 Å². The summed E-state index contributed by atoms with van der Waals surface area (Å²) in [6, 6.07) is 3.48. The highest BCUT2D eigenvalue weighted by Crippen LogP contribution is 2.40. The molecule has 0 amide bonds. The topological polar surface area (TPSA) is 50.1 Å². The van der Waals surface area contributed by atoms with Gasteiger partial charge in [-0.05, 0) is 72.9 Å². The molecule has 36 heavy (non-hydrogen) atoms. The van der Waals surface area contributed by atoms with E-state index >= 15 is 0 Å². The first kappa shape index (κ1) is 29.5. The van der Waals surface area contributed by atoms with Crippen LogP contribution in [0.5, 0.6) is 0 Å². The molecule has 1 aliphatic rings. The Bertz CT molecular complexity index is 982. The van der Waals surface area contributed by atoms with Crippen molar-refractivity contribution in [3.63, 3.8) is 0 Å². The molecule has 1 aromatic carbocycles. The van der Waals surface area contributed by atoms with Crippen molar-refractivity contribution < 1.29 is 35.9 Å². The Balaban J connectivity index is 2.46. The van der Waals surface area contributed by atoms with E-state index in [4.69, 9.17) is 10.00 Å². The second-order valence-electron chi connectivity index (χ2n) is 8.99. The number of alkyl halides is 6. The molecular formula is C27H31F6NO2. The van der Waals surface area contributed by atoms with Crippen molar-refractivity contribution in [3.05, 3.63) is 52.1 Å². The number of hydrogen-bond acceptors (Lipinski definition) is 3. The number of hydrogen-bond donors (Lipinski definition) is 0. The van der Waals surface area contributed by atoms with E-state index in [0.29, 0.717) is 30.5 Å². The van der Waals surface area contributed by atoms with E-state index in [1.807, 2.05) is 13.0 Å². The van der Waals surface area contributed by atoms with Crippen LogP contribution in [-0.2, 0) is 21.9 Å². The lowest BCUT2D eigenvalue weighted by Crippen LogP contribution is -2.17. The van der Waals surface area contributed by atoms with Crippen LogP contribution in [0, 0.1) is 17.2 Å². The highest BCUT2D eigenvalue weighted by Gasteiger charge is 2.37. The van der Waals surface area contributed by atoms with E-state index in [0.717, 1.165) is 25.7 Å². The Labute approximate surface area is 207 Å². The van der Waals surface area contributed by atoms with E-state index in [-0.39, 0.29) is 54.6 Å². The van der Waals surface area contributed by atoms with Crippen LogP contribution in [0.4, 0.5) is 26.3 Å². The summed E-state index contributed by atoms with van der Waals surface area (Å²) in [5.41, 5.74) is -1.93. The first-order valence-electron chi connectivity index (χ1n) is 12.2. The number of nitriles is 1. The van der Waals surface area contributed by atoms with Gasteiger partial charge in [-0.3, -0.25) is 0 Å². The number of unbranched alkanes of at least 4 members (excludes halogenated alkanes) is 1. The van der Waals surface area contributed by atoms with Gasteiger partial charge in [-0.2, -0.15) is 31.6 Å². The predicted octanol–water partition coefficient (Wildman–Crippen LogP) is 8.65. The van der Waals surface area contributed by atoms with Crippen LogP contribution in [-0.4, -0.2) is 12.6 Å². The molecule has 0 saturated carbocycles. The Hall–Kier alpha value is -2.76. The quantitative estimate of drug-likeness (QED) is 0.178. The van der Waals surface area contributed by atoms with Gasteiger partial charge in [-0.25, -0.2) is 4.79 Å². The number of rotatable bonds is 10. The SMILES string of the molecule is CCCCC(CC)COC(=O)C(CCC#N)=C1C=C(c2cc(C(F)(F)F)cc(C(F)(F)F)c2)CCC1. The minimum absolute atomic E-state index is 0.0337. The molecule has 1 aliphatic carbocycles. The van der Waals surface area contributed by atoms with Crippen molar-refractivity contribution >= 4 is 11.5 Å². The second kappa shape index (κ2) is 13.0. The molecule has 0 aromatic heterocycles. The average Bonchev–Trinajstić information content (AvgIpc) is 2.83. The molecule has 1 unspecified atom stereocenters. The lowest BCUT2D eigenvalue weighted by atomic mass is 9.86. The van der Waals surface area contributed by atoms with Gasteiger partial charge in [0.05, 0.1) is 23.8 Å². The third-order valence-electron chi connectivity index (χ3n) is 6.31. The number of carbonyl (C=O) groups excluding carboxylic acids is 1. The van der Waals surface area contributed by atoms with Crippen molar-refractivity contribution in [2.75, 3.05) is 6.61 Å². The van der Waals surface area contributed by atoms with Crippen LogP contribution in [0.2, 0.25) is 0 Å². The summed E-state index contributed by atoms with van der Waals surface area (Å²) in [6.07, 6.45) is -3.40. The van der Waals surface area contributed by atoms with E-state index in [9.17, 15) is 31.1 Å². The summed E-state index contributed by atoms with van der Waals surface area (Å²) in [6.45, 7) is 4.29. The van der Waals surface area contributed by atoms with Gasteiger partial charge in [-0.1, -0.05) is 39.2 Å². The predicted molar refractivity (Wildman–Crippen MR) is 124 cm³/mol. The van der Waals surface area contributed by atoms with E-state index in [1.165, 1.54) is 6.08 Å². The maximum Gasteiger partial charge on any atom is 0.416 e. The number of nitrogens with zero attached hydrogens (tertiary/aromatic N) is 1. The fourth-order valence-corrected chi connectivity index (χ4v) is 4.18. The van der Waals surface area contributed by atoms with Gasteiger partial charge in [0.25, 0.3) is 0 Å². The molecule has 0 bridgehead atoms. The molecule has 1 aromatic rings. The summed E-state index contributed by atoms with van der Waals surface area (Å²) < 4.78 is 85.5. The van der Waals surface area contributed by atoms with Crippen molar-refractivity contribution in [1.29, 1.82) is 5.26 Å². The molecule has 1 atom stereocenters. The largest absolute Gasteiger partial charge is 0.462 e. The number of halogens is 6. The Kier molecular flexibility index (Phi) is 10.6. The first-order valence-corrected chi connectivity index (χ1v) is 12.2. The van der Waals surface area contributed by atoms with Crippen molar-refractivity contribution in [2.45, 2.75) is 84.0 Å². The maximum absolute atomic E-state index is 13.3. The van der Waals surface area contributed by atoms with Crippen LogP contribution in [0.3, 0.4) is 0 Å². The number of carbonyl (C=O) groups is 1. The second-order valence-corrected chi connectivity index (χ2v) is 8.99. The Morgan fingerprint density at radius 3 is 2.22 bits per heavy atom. The normalized spacial score (nSPS) is 16.7. The fraction of sp³-hybridized carbons (Fsp3) is 0.556. The summed E-state index contributed by atoms with van der Waals surface area (Å²) in [5.74, 6) is -0.396. The van der Waals surface area contributed by atoms with Crippen molar-refractivity contribution in [2.24, 2.45) is 5.92 Å². The molecule has 0 fully saturated rings. The van der Waals surface area contributed by atoms with Gasteiger partial charge < -0.3 is 4.74 Å². The van der Waals surface area contributed by atoms with Crippen molar-refractivity contribution in [3.8, 4) is 6.07 Å². The third-order valence-corrected chi connectivity index (χ3v) is 6.31. The smallest absolute Gasteiger partial charge is 0.416 e. The lowest BCUT2D eigenvalue weighted by molar-refractivity contribution is -0.143. The lowest BCUT2D eigenvalue weighted by Gasteiger charge is -2.21.